The molecule has 0 radical (unpaired) electrons. The number of pyridine rings is 1. The number of hydrogen-bond donors (Lipinski definition) is 1. The van der Waals surface area contributed by atoms with Crippen molar-refractivity contribution in [2.45, 2.75) is 6.92 Å². The van der Waals surface area contributed by atoms with Crippen LogP contribution < -0.4 is 5.32 Å². The van der Waals surface area contributed by atoms with Gasteiger partial charge in [-0.05, 0) is 36.8 Å². The Hall–Kier alpha value is -2.36. The molecule has 0 aliphatic rings. The Morgan fingerprint density at radius 3 is 3.00 bits per heavy atom. The molecule has 0 saturated heterocycles. The largest absolute Gasteiger partial charge is 0.337 e. The highest BCUT2D eigenvalue weighted by atomic mass is 16.5. The summed E-state index contributed by atoms with van der Waals surface area (Å²) in [7, 11) is 0. The summed E-state index contributed by atoms with van der Waals surface area (Å²) in [6.07, 6.45) is 1.68. The van der Waals surface area contributed by atoms with Crippen molar-refractivity contribution in [3.05, 3.63) is 48.2 Å². The van der Waals surface area contributed by atoms with E-state index in [9.17, 15) is 0 Å². The first kappa shape index (κ1) is 9.84. The van der Waals surface area contributed by atoms with E-state index in [0.29, 0.717) is 11.5 Å². The van der Waals surface area contributed by atoms with Crippen molar-refractivity contribution >= 4 is 22.6 Å². The monoisotopic (exact) mass is 225 g/mol. The molecule has 3 rings (SSSR count). The first-order valence-corrected chi connectivity index (χ1v) is 5.37. The van der Waals surface area contributed by atoms with Crippen LogP contribution in [0.3, 0.4) is 0 Å². The summed E-state index contributed by atoms with van der Waals surface area (Å²) in [4.78, 5) is 4.09. The van der Waals surface area contributed by atoms with E-state index in [1.807, 2.05) is 37.3 Å². The molecule has 0 fully saturated rings. The molecule has 1 N–H and O–H groups in total. The Morgan fingerprint density at radius 2 is 2.12 bits per heavy atom. The molecule has 84 valence electrons. The van der Waals surface area contributed by atoms with E-state index in [0.717, 1.165) is 11.1 Å². The molecule has 1 aromatic carbocycles. The molecule has 0 atom stereocenters. The normalized spacial score (nSPS) is 10.6. The number of aryl methyl sites for hydroxylation is 1. The Kier molecular flexibility index (Phi) is 2.26. The van der Waals surface area contributed by atoms with Crippen molar-refractivity contribution in [1.82, 2.24) is 10.1 Å². The summed E-state index contributed by atoms with van der Waals surface area (Å²) >= 11 is 0. The maximum absolute atomic E-state index is 5.13. The molecule has 0 bridgehead atoms. The van der Waals surface area contributed by atoms with Gasteiger partial charge in [-0.15, -0.1) is 0 Å². The van der Waals surface area contributed by atoms with Crippen LogP contribution in [0.25, 0.3) is 11.1 Å². The van der Waals surface area contributed by atoms with Crippen LogP contribution in [0.1, 0.15) is 5.56 Å². The predicted octanol–water partition coefficient (Wildman–Crippen LogP) is 3.27. The Labute approximate surface area is 98.3 Å². The van der Waals surface area contributed by atoms with Gasteiger partial charge in [-0.1, -0.05) is 17.3 Å². The van der Waals surface area contributed by atoms with Crippen molar-refractivity contribution in [2.24, 2.45) is 0 Å². The van der Waals surface area contributed by atoms with Gasteiger partial charge in [-0.2, -0.15) is 0 Å². The molecule has 0 unspecified atom stereocenters. The van der Waals surface area contributed by atoms with Gasteiger partial charge in [0.1, 0.15) is 0 Å². The number of nitrogens with zero attached hydrogens (tertiary/aromatic N) is 2. The molecule has 4 nitrogen and oxygen atoms in total. The van der Waals surface area contributed by atoms with Gasteiger partial charge < -0.3 is 9.84 Å². The van der Waals surface area contributed by atoms with Crippen LogP contribution >= 0.6 is 0 Å². The Balaban J connectivity index is 2.00. The highest BCUT2D eigenvalue weighted by Gasteiger charge is 2.07. The standard InChI is InChI=1S/C13H11N3O/c1-9-4-2-5-10(8-9)15-12-11-6-3-7-14-13(11)17-16-12/h2-8H,1H3,(H,15,16). The zero-order chi connectivity index (χ0) is 11.7. The van der Waals surface area contributed by atoms with Gasteiger partial charge in [0.25, 0.3) is 5.71 Å². The number of benzene rings is 1. The van der Waals surface area contributed by atoms with Crippen molar-refractivity contribution in [2.75, 3.05) is 5.32 Å². The predicted molar refractivity (Wildman–Crippen MR) is 66.3 cm³/mol. The smallest absolute Gasteiger partial charge is 0.259 e. The summed E-state index contributed by atoms with van der Waals surface area (Å²) in [6.45, 7) is 2.05. The number of fused-ring (bicyclic) bond motifs is 1. The van der Waals surface area contributed by atoms with Gasteiger partial charge in [0, 0.05) is 11.9 Å². The number of hydrogen-bond acceptors (Lipinski definition) is 4. The van der Waals surface area contributed by atoms with Crippen molar-refractivity contribution < 1.29 is 4.52 Å². The maximum atomic E-state index is 5.13. The molecule has 2 heterocycles. The third-order valence-electron chi connectivity index (χ3n) is 2.53. The lowest BCUT2D eigenvalue weighted by molar-refractivity contribution is 0.452. The van der Waals surface area contributed by atoms with Crippen molar-refractivity contribution in [1.29, 1.82) is 0 Å². The van der Waals surface area contributed by atoms with Gasteiger partial charge in [0.05, 0.1) is 5.39 Å². The van der Waals surface area contributed by atoms with Crippen LogP contribution in [0, 0.1) is 6.92 Å². The lowest BCUT2D eigenvalue weighted by Crippen LogP contribution is -1.90. The lowest BCUT2D eigenvalue weighted by Gasteiger charge is -2.03. The first-order valence-electron chi connectivity index (χ1n) is 5.37. The molecule has 0 aliphatic carbocycles. The lowest BCUT2D eigenvalue weighted by atomic mass is 10.2. The second-order valence-corrected chi connectivity index (χ2v) is 3.88. The number of nitrogens with one attached hydrogen (secondary N) is 1. The molecule has 2 aromatic heterocycles. The minimum atomic E-state index is 0.544. The van der Waals surface area contributed by atoms with Gasteiger partial charge >= 0.3 is 0 Å². The average Bonchev–Trinajstić information content (AvgIpc) is 2.73. The second-order valence-electron chi connectivity index (χ2n) is 3.88. The molecule has 0 spiro atoms. The second kappa shape index (κ2) is 3.90. The van der Waals surface area contributed by atoms with Gasteiger partial charge in [0.2, 0.25) is 0 Å². The van der Waals surface area contributed by atoms with E-state index >= 15 is 0 Å². The molecule has 0 aliphatic heterocycles. The summed E-state index contributed by atoms with van der Waals surface area (Å²) in [5.74, 6) is 0.693. The zero-order valence-corrected chi connectivity index (χ0v) is 9.34. The van der Waals surface area contributed by atoms with Gasteiger partial charge in [0.15, 0.2) is 5.82 Å². The molecular weight excluding hydrogens is 214 g/mol. The van der Waals surface area contributed by atoms with Crippen LogP contribution in [0.2, 0.25) is 0 Å². The van der Waals surface area contributed by atoms with E-state index in [-0.39, 0.29) is 0 Å². The topological polar surface area (TPSA) is 51.0 Å². The van der Waals surface area contributed by atoms with Gasteiger partial charge in [-0.3, -0.25) is 0 Å². The molecular formula is C13H11N3O. The minimum Gasteiger partial charge on any atom is -0.337 e. The Morgan fingerprint density at radius 1 is 1.18 bits per heavy atom. The van der Waals surface area contributed by atoms with E-state index in [4.69, 9.17) is 4.52 Å². The highest BCUT2D eigenvalue weighted by Crippen LogP contribution is 2.24. The molecule has 17 heavy (non-hydrogen) atoms. The number of aromatic nitrogens is 2. The maximum Gasteiger partial charge on any atom is 0.259 e. The highest BCUT2D eigenvalue weighted by molar-refractivity contribution is 5.87. The van der Waals surface area contributed by atoms with E-state index in [1.165, 1.54) is 5.56 Å². The zero-order valence-electron chi connectivity index (χ0n) is 9.34. The summed E-state index contributed by atoms with van der Waals surface area (Å²) in [5, 5.41) is 8.08. The van der Waals surface area contributed by atoms with Crippen LogP contribution in [0.4, 0.5) is 11.5 Å². The average molecular weight is 225 g/mol. The number of anilines is 2. The van der Waals surface area contributed by atoms with E-state index in [1.54, 1.807) is 6.20 Å². The summed E-state index contributed by atoms with van der Waals surface area (Å²) in [6, 6.07) is 11.9. The number of rotatable bonds is 2. The quantitative estimate of drug-likeness (QED) is 0.727. The summed E-state index contributed by atoms with van der Waals surface area (Å²) < 4.78 is 5.13. The fourth-order valence-electron chi connectivity index (χ4n) is 1.73. The third kappa shape index (κ3) is 1.85. The first-order chi connectivity index (χ1) is 8.33. The van der Waals surface area contributed by atoms with Crippen molar-refractivity contribution in [3.63, 3.8) is 0 Å². The molecule has 0 amide bonds. The SMILES string of the molecule is Cc1cccc(Nc2noc3ncccc23)c1. The Bertz CT molecular complexity index is 660. The van der Waals surface area contributed by atoms with Crippen LogP contribution in [-0.2, 0) is 0 Å². The molecule has 4 heteroatoms. The fraction of sp³-hybridized carbons (Fsp3) is 0.0769. The van der Waals surface area contributed by atoms with E-state index in [2.05, 4.69) is 21.5 Å². The van der Waals surface area contributed by atoms with E-state index < -0.39 is 0 Å². The fourth-order valence-corrected chi connectivity index (χ4v) is 1.73. The van der Waals surface area contributed by atoms with Crippen molar-refractivity contribution in [3.8, 4) is 0 Å². The van der Waals surface area contributed by atoms with Gasteiger partial charge in [-0.25, -0.2) is 4.98 Å². The van der Waals surface area contributed by atoms with Crippen LogP contribution in [0.15, 0.2) is 47.1 Å². The van der Waals surface area contributed by atoms with Crippen LogP contribution in [-0.4, -0.2) is 10.1 Å². The minimum absolute atomic E-state index is 0.544. The summed E-state index contributed by atoms with van der Waals surface area (Å²) in [5.41, 5.74) is 2.73. The third-order valence-corrected chi connectivity index (χ3v) is 2.53. The molecule has 0 saturated carbocycles. The van der Waals surface area contributed by atoms with Crippen LogP contribution in [0.5, 0.6) is 0 Å². The molecule has 3 aromatic rings.